The molecule has 0 aliphatic heterocycles. The minimum absolute atomic E-state index is 0.0300. The Labute approximate surface area is 83.1 Å². The van der Waals surface area contributed by atoms with E-state index >= 15 is 0 Å². The van der Waals surface area contributed by atoms with Crippen LogP contribution in [0.1, 0.15) is 13.8 Å². The Morgan fingerprint density at radius 3 is 2.57 bits per heavy atom. The number of nitrogens with zero attached hydrogens (tertiary/aromatic N) is 2. The van der Waals surface area contributed by atoms with Crippen LogP contribution in [0.15, 0.2) is 25.0 Å². The van der Waals surface area contributed by atoms with Crippen molar-refractivity contribution in [3.05, 3.63) is 30.9 Å². The molecule has 1 N–H and O–H groups in total. The van der Waals surface area contributed by atoms with E-state index < -0.39 is 5.82 Å². The fourth-order valence-corrected chi connectivity index (χ4v) is 0.783. The number of hydrogen-bond acceptors (Lipinski definition) is 3. The second kappa shape index (κ2) is 4.17. The van der Waals surface area contributed by atoms with Gasteiger partial charge in [0.1, 0.15) is 0 Å². The van der Waals surface area contributed by atoms with Gasteiger partial charge in [-0.3, -0.25) is 0 Å². The number of anilines is 1. The Morgan fingerprint density at radius 1 is 1.50 bits per heavy atom. The van der Waals surface area contributed by atoms with E-state index in [0.29, 0.717) is 12.5 Å². The van der Waals surface area contributed by atoms with E-state index in [4.69, 9.17) is 0 Å². The molecule has 0 radical (unpaired) electrons. The molecule has 0 aliphatic rings. The zero-order valence-corrected chi connectivity index (χ0v) is 8.42. The van der Waals surface area contributed by atoms with E-state index in [1.165, 1.54) is 0 Å². The lowest BCUT2D eigenvalue weighted by Crippen LogP contribution is -2.21. The van der Waals surface area contributed by atoms with Gasteiger partial charge in [-0.05, 0) is 5.41 Å². The van der Waals surface area contributed by atoms with Gasteiger partial charge in [-0.15, -0.1) is 6.58 Å². The molecule has 0 unspecified atom stereocenters. The van der Waals surface area contributed by atoms with Gasteiger partial charge >= 0.3 is 0 Å². The van der Waals surface area contributed by atoms with Gasteiger partial charge in [0.25, 0.3) is 0 Å². The first kappa shape index (κ1) is 10.6. The SMILES string of the molecule is C=CC(C)(C)CNc1ncc(F)cn1. The molecular weight excluding hydrogens is 181 g/mol. The van der Waals surface area contributed by atoms with Crippen molar-refractivity contribution in [2.24, 2.45) is 5.41 Å². The summed E-state index contributed by atoms with van der Waals surface area (Å²) in [6.07, 6.45) is 4.12. The van der Waals surface area contributed by atoms with Gasteiger partial charge in [-0.2, -0.15) is 0 Å². The van der Waals surface area contributed by atoms with Gasteiger partial charge in [0, 0.05) is 6.54 Å². The predicted octanol–water partition coefficient (Wildman–Crippen LogP) is 2.24. The van der Waals surface area contributed by atoms with Crippen LogP contribution in [0.4, 0.5) is 10.3 Å². The van der Waals surface area contributed by atoms with Crippen LogP contribution < -0.4 is 5.32 Å². The molecule has 4 heteroatoms. The van der Waals surface area contributed by atoms with Crippen LogP contribution in [0.3, 0.4) is 0 Å². The van der Waals surface area contributed by atoms with Crippen molar-refractivity contribution in [1.29, 1.82) is 0 Å². The van der Waals surface area contributed by atoms with E-state index in [9.17, 15) is 4.39 Å². The van der Waals surface area contributed by atoms with Gasteiger partial charge in [-0.1, -0.05) is 19.9 Å². The van der Waals surface area contributed by atoms with Gasteiger partial charge in [0.2, 0.25) is 5.95 Å². The van der Waals surface area contributed by atoms with Crippen LogP contribution in [0.2, 0.25) is 0 Å². The van der Waals surface area contributed by atoms with E-state index in [0.717, 1.165) is 12.4 Å². The van der Waals surface area contributed by atoms with Crippen molar-refractivity contribution in [2.75, 3.05) is 11.9 Å². The van der Waals surface area contributed by atoms with E-state index in [1.54, 1.807) is 0 Å². The van der Waals surface area contributed by atoms with Gasteiger partial charge in [0.05, 0.1) is 12.4 Å². The van der Waals surface area contributed by atoms with E-state index in [1.807, 2.05) is 19.9 Å². The van der Waals surface area contributed by atoms with Crippen LogP contribution in [0.5, 0.6) is 0 Å². The van der Waals surface area contributed by atoms with Crippen molar-refractivity contribution >= 4 is 5.95 Å². The zero-order valence-electron chi connectivity index (χ0n) is 8.42. The maximum Gasteiger partial charge on any atom is 0.222 e. The fourth-order valence-electron chi connectivity index (χ4n) is 0.783. The molecule has 14 heavy (non-hydrogen) atoms. The van der Waals surface area contributed by atoms with Crippen molar-refractivity contribution in [2.45, 2.75) is 13.8 Å². The number of aromatic nitrogens is 2. The highest BCUT2D eigenvalue weighted by Crippen LogP contribution is 2.15. The second-order valence-corrected chi connectivity index (χ2v) is 3.77. The summed E-state index contributed by atoms with van der Waals surface area (Å²) in [5.74, 6) is -0.000133. The molecule has 0 fully saturated rings. The standard InChI is InChI=1S/C10H14FN3/c1-4-10(2,3)7-14-9-12-5-8(11)6-13-9/h4-6H,1,7H2,2-3H3,(H,12,13,14). The first-order valence-corrected chi connectivity index (χ1v) is 4.38. The summed E-state index contributed by atoms with van der Waals surface area (Å²) in [6, 6.07) is 0. The van der Waals surface area contributed by atoms with Crippen LogP contribution in [-0.4, -0.2) is 16.5 Å². The van der Waals surface area contributed by atoms with E-state index in [2.05, 4.69) is 21.9 Å². The average Bonchev–Trinajstić information content (AvgIpc) is 2.17. The molecule has 1 aromatic heterocycles. The summed E-state index contributed by atoms with van der Waals surface area (Å²) >= 11 is 0. The number of nitrogens with one attached hydrogen (secondary N) is 1. The summed E-state index contributed by atoms with van der Waals surface area (Å²) < 4.78 is 12.5. The highest BCUT2D eigenvalue weighted by Gasteiger charge is 2.12. The quantitative estimate of drug-likeness (QED) is 0.749. The molecule has 1 heterocycles. The normalized spacial score (nSPS) is 11.1. The number of rotatable bonds is 4. The lowest BCUT2D eigenvalue weighted by molar-refractivity contribution is 0.511. The summed E-state index contributed by atoms with van der Waals surface area (Å²) in [4.78, 5) is 7.57. The average molecular weight is 195 g/mol. The van der Waals surface area contributed by atoms with Gasteiger partial charge < -0.3 is 5.32 Å². The molecule has 0 amide bonds. The van der Waals surface area contributed by atoms with Crippen molar-refractivity contribution < 1.29 is 4.39 Å². The summed E-state index contributed by atoms with van der Waals surface area (Å²) in [7, 11) is 0. The molecule has 0 saturated heterocycles. The second-order valence-electron chi connectivity index (χ2n) is 3.77. The molecule has 0 spiro atoms. The maximum absolute atomic E-state index is 12.5. The van der Waals surface area contributed by atoms with Crippen LogP contribution in [-0.2, 0) is 0 Å². The highest BCUT2D eigenvalue weighted by atomic mass is 19.1. The monoisotopic (exact) mass is 195 g/mol. The molecule has 3 nitrogen and oxygen atoms in total. The van der Waals surface area contributed by atoms with Crippen molar-refractivity contribution in [3.63, 3.8) is 0 Å². The molecule has 0 aliphatic carbocycles. The lowest BCUT2D eigenvalue weighted by Gasteiger charge is -2.19. The zero-order chi connectivity index (χ0) is 10.6. The Hall–Kier alpha value is -1.45. The third-order valence-electron chi connectivity index (χ3n) is 1.88. The van der Waals surface area contributed by atoms with Gasteiger partial charge in [-0.25, -0.2) is 14.4 Å². The smallest absolute Gasteiger partial charge is 0.222 e. The molecule has 76 valence electrons. The molecule has 0 atom stereocenters. The fraction of sp³-hybridized carbons (Fsp3) is 0.400. The van der Waals surface area contributed by atoms with Crippen molar-refractivity contribution in [1.82, 2.24) is 9.97 Å². The topological polar surface area (TPSA) is 37.8 Å². The van der Waals surface area contributed by atoms with Crippen LogP contribution >= 0.6 is 0 Å². The molecular formula is C10H14FN3. The Balaban J connectivity index is 2.54. The summed E-state index contributed by atoms with van der Waals surface area (Å²) in [6.45, 7) is 8.46. The molecule has 0 bridgehead atoms. The number of halogens is 1. The highest BCUT2D eigenvalue weighted by molar-refractivity contribution is 5.23. The maximum atomic E-state index is 12.5. The van der Waals surface area contributed by atoms with Crippen LogP contribution in [0, 0.1) is 11.2 Å². The Bertz CT molecular complexity index is 306. The minimum Gasteiger partial charge on any atom is -0.353 e. The first-order chi connectivity index (χ1) is 6.53. The minimum atomic E-state index is -0.432. The molecule has 0 saturated carbocycles. The predicted molar refractivity (Wildman–Crippen MR) is 54.5 cm³/mol. The first-order valence-electron chi connectivity index (χ1n) is 4.38. The van der Waals surface area contributed by atoms with Gasteiger partial charge in [0.15, 0.2) is 5.82 Å². The third-order valence-corrected chi connectivity index (χ3v) is 1.88. The van der Waals surface area contributed by atoms with Crippen molar-refractivity contribution in [3.8, 4) is 0 Å². The number of hydrogen-bond donors (Lipinski definition) is 1. The van der Waals surface area contributed by atoms with Crippen LogP contribution in [0.25, 0.3) is 0 Å². The summed E-state index contributed by atoms with van der Waals surface area (Å²) in [5.41, 5.74) is -0.0300. The Kier molecular flexibility index (Phi) is 3.17. The molecule has 0 aromatic carbocycles. The van der Waals surface area contributed by atoms with E-state index in [-0.39, 0.29) is 5.41 Å². The molecule has 1 aromatic rings. The molecule has 1 rings (SSSR count). The lowest BCUT2D eigenvalue weighted by atomic mass is 9.94. The third kappa shape index (κ3) is 3.12. The summed E-state index contributed by atoms with van der Waals surface area (Å²) in [5, 5.41) is 3.00. The largest absolute Gasteiger partial charge is 0.353 e. The Morgan fingerprint density at radius 2 is 2.07 bits per heavy atom.